The van der Waals surface area contributed by atoms with Crippen molar-refractivity contribution >= 4 is 11.0 Å². The highest BCUT2D eigenvalue weighted by atomic mass is 16.5. The summed E-state index contributed by atoms with van der Waals surface area (Å²) in [7, 11) is 0. The molecule has 106 valence electrons. The molecule has 4 heteroatoms. The molecule has 1 aromatic heterocycles. The minimum Gasteiger partial charge on any atom is -0.487 e. The Morgan fingerprint density at radius 3 is 2.65 bits per heavy atom. The molecule has 1 atom stereocenters. The molecule has 0 bridgehead atoms. The van der Waals surface area contributed by atoms with Gasteiger partial charge in [-0.2, -0.15) is 0 Å². The Kier molecular flexibility index (Phi) is 3.05. The topological polar surface area (TPSA) is 59.7 Å². The van der Waals surface area contributed by atoms with Gasteiger partial charge < -0.3 is 14.3 Å². The molecule has 1 unspecified atom stereocenters. The van der Waals surface area contributed by atoms with Crippen molar-refractivity contribution in [1.29, 1.82) is 0 Å². The van der Waals surface area contributed by atoms with E-state index in [0.717, 1.165) is 10.9 Å². The number of benzene rings is 1. The zero-order valence-electron chi connectivity index (χ0n) is 11.7. The van der Waals surface area contributed by atoms with E-state index in [1.54, 1.807) is 6.07 Å². The van der Waals surface area contributed by atoms with E-state index in [2.05, 4.69) is 0 Å². The number of hydrogen-bond acceptors (Lipinski definition) is 4. The van der Waals surface area contributed by atoms with Crippen molar-refractivity contribution in [1.82, 2.24) is 0 Å². The molecule has 0 fully saturated rings. The highest BCUT2D eigenvalue weighted by molar-refractivity contribution is 5.82. The van der Waals surface area contributed by atoms with Crippen LogP contribution in [0.15, 0.2) is 33.5 Å². The molecule has 3 rings (SSSR count). The predicted octanol–water partition coefficient (Wildman–Crippen LogP) is 2.65. The van der Waals surface area contributed by atoms with Gasteiger partial charge in [-0.1, -0.05) is 13.8 Å². The van der Waals surface area contributed by atoms with Gasteiger partial charge in [0.25, 0.3) is 0 Å². The van der Waals surface area contributed by atoms with Crippen molar-refractivity contribution in [2.75, 3.05) is 0 Å². The van der Waals surface area contributed by atoms with E-state index in [1.165, 1.54) is 6.07 Å². The van der Waals surface area contributed by atoms with Crippen LogP contribution in [0.4, 0.5) is 0 Å². The van der Waals surface area contributed by atoms with Gasteiger partial charge in [0.05, 0.1) is 0 Å². The summed E-state index contributed by atoms with van der Waals surface area (Å²) in [5.74, 6) is 0.706. The van der Waals surface area contributed by atoms with Gasteiger partial charge in [-0.15, -0.1) is 0 Å². The smallest absolute Gasteiger partial charge is 0.336 e. The lowest BCUT2D eigenvalue weighted by molar-refractivity contribution is -0.0580. The minimum absolute atomic E-state index is 0.288. The van der Waals surface area contributed by atoms with Crippen molar-refractivity contribution in [3.63, 3.8) is 0 Å². The van der Waals surface area contributed by atoms with Crippen LogP contribution < -0.4 is 10.4 Å². The van der Waals surface area contributed by atoms with E-state index in [1.807, 2.05) is 26.0 Å². The first-order chi connectivity index (χ1) is 9.57. The van der Waals surface area contributed by atoms with Gasteiger partial charge >= 0.3 is 5.63 Å². The van der Waals surface area contributed by atoms with Crippen LogP contribution >= 0.6 is 0 Å². The zero-order valence-corrected chi connectivity index (χ0v) is 11.7. The highest BCUT2D eigenvalue weighted by Gasteiger charge is 2.40. The molecule has 0 spiro atoms. The summed E-state index contributed by atoms with van der Waals surface area (Å²) in [6.45, 7) is 3.90. The van der Waals surface area contributed by atoms with Gasteiger partial charge in [0.15, 0.2) is 0 Å². The monoisotopic (exact) mass is 274 g/mol. The zero-order chi connectivity index (χ0) is 14.3. The van der Waals surface area contributed by atoms with Gasteiger partial charge in [-0.05, 0) is 31.0 Å². The molecule has 20 heavy (non-hydrogen) atoms. The molecule has 0 saturated heterocycles. The summed E-state index contributed by atoms with van der Waals surface area (Å²) in [6, 6.07) is 6.91. The maximum Gasteiger partial charge on any atom is 0.336 e. The van der Waals surface area contributed by atoms with Crippen molar-refractivity contribution in [3.05, 3.63) is 40.2 Å². The Labute approximate surface area is 117 Å². The van der Waals surface area contributed by atoms with Crippen LogP contribution in [0.5, 0.6) is 5.75 Å². The fraction of sp³-hybridized carbons (Fsp3) is 0.438. The lowest BCUT2D eigenvalue weighted by atomic mass is 9.88. The van der Waals surface area contributed by atoms with Gasteiger partial charge in [-0.3, -0.25) is 0 Å². The molecule has 0 aliphatic carbocycles. The number of fused-ring (bicyclic) bond motifs is 3. The average molecular weight is 274 g/mol. The predicted molar refractivity (Wildman–Crippen MR) is 76.1 cm³/mol. The second-order valence-electron chi connectivity index (χ2n) is 5.34. The molecular weight excluding hydrogens is 256 g/mol. The largest absolute Gasteiger partial charge is 0.487 e. The van der Waals surface area contributed by atoms with Crippen molar-refractivity contribution < 1.29 is 14.3 Å². The van der Waals surface area contributed by atoms with Crippen molar-refractivity contribution in [2.24, 2.45) is 0 Å². The van der Waals surface area contributed by atoms with Gasteiger partial charge in [0.2, 0.25) is 0 Å². The molecular formula is C16H18O4. The quantitative estimate of drug-likeness (QED) is 0.874. The SMILES string of the molecule is CCC(O)(CC)C1Cc2c(ccc3ccc(=O)oc23)O1. The van der Waals surface area contributed by atoms with E-state index >= 15 is 0 Å². The molecule has 0 amide bonds. The lowest BCUT2D eigenvalue weighted by Crippen LogP contribution is -2.44. The second-order valence-corrected chi connectivity index (χ2v) is 5.34. The van der Waals surface area contributed by atoms with Crippen LogP contribution in [0, 0.1) is 0 Å². The minimum atomic E-state index is -0.847. The second kappa shape index (κ2) is 4.63. The average Bonchev–Trinajstić information content (AvgIpc) is 2.91. The fourth-order valence-corrected chi connectivity index (χ4v) is 2.86. The normalized spacial score (nSPS) is 18.1. The number of hydrogen-bond donors (Lipinski definition) is 1. The van der Waals surface area contributed by atoms with Crippen LogP contribution in [-0.2, 0) is 6.42 Å². The molecule has 2 heterocycles. The van der Waals surface area contributed by atoms with Crippen LogP contribution in [0.3, 0.4) is 0 Å². The van der Waals surface area contributed by atoms with E-state index < -0.39 is 5.60 Å². The Bertz CT molecular complexity index is 697. The number of ether oxygens (including phenoxy) is 1. The molecule has 1 aliphatic heterocycles. The number of rotatable bonds is 3. The van der Waals surface area contributed by atoms with Crippen molar-refractivity contribution in [2.45, 2.75) is 44.8 Å². The van der Waals surface area contributed by atoms with Gasteiger partial charge in [-0.25, -0.2) is 4.79 Å². The van der Waals surface area contributed by atoms with Crippen molar-refractivity contribution in [3.8, 4) is 5.75 Å². The Hall–Kier alpha value is -1.81. The first-order valence-electron chi connectivity index (χ1n) is 7.02. The first-order valence-corrected chi connectivity index (χ1v) is 7.02. The van der Waals surface area contributed by atoms with Gasteiger partial charge in [0.1, 0.15) is 23.0 Å². The van der Waals surface area contributed by atoms with E-state index in [4.69, 9.17) is 9.15 Å². The van der Waals surface area contributed by atoms with Crippen LogP contribution in [-0.4, -0.2) is 16.8 Å². The Balaban J connectivity index is 2.07. The van der Waals surface area contributed by atoms with Crippen LogP contribution in [0.2, 0.25) is 0 Å². The van der Waals surface area contributed by atoms with E-state index in [9.17, 15) is 9.90 Å². The third kappa shape index (κ3) is 1.91. The van der Waals surface area contributed by atoms with Crippen LogP contribution in [0.1, 0.15) is 32.3 Å². The molecule has 0 radical (unpaired) electrons. The summed E-state index contributed by atoms with van der Waals surface area (Å²) in [5, 5.41) is 11.5. The van der Waals surface area contributed by atoms with Crippen LogP contribution in [0.25, 0.3) is 11.0 Å². The fourth-order valence-electron chi connectivity index (χ4n) is 2.86. The summed E-state index contributed by atoms with van der Waals surface area (Å²) in [5.41, 5.74) is 0.244. The third-order valence-electron chi connectivity index (χ3n) is 4.33. The highest BCUT2D eigenvalue weighted by Crippen LogP contribution is 2.39. The van der Waals surface area contributed by atoms with Gasteiger partial charge in [0, 0.05) is 23.4 Å². The summed E-state index contributed by atoms with van der Waals surface area (Å²) in [4.78, 5) is 11.4. The molecule has 1 N–H and O–H groups in total. The Morgan fingerprint density at radius 1 is 1.25 bits per heavy atom. The molecule has 0 saturated carbocycles. The molecule has 1 aromatic carbocycles. The third-order valence-corrected chi connectivity index (χ3v) is 4.33. The summed E-state index contributed by atoms with van der Waals surface area (Å²) in [6.07, 6.45) is 1.54. The van der Waals surface area contributed by atoms with E-state index in [-0.39, 0.29) is 11.7 Å². The standard InChI is InChI=1S/C16H18O4/c1-3-16(18,4-2)13-9-11-12(19-13)7-5-10-6-8-14(17)20-15(10)11/h5-8,13,18H,3-4,9H2,1-2H3. The molecule has 2 aromatic rings. The first kappa shape index (κ1) is 13.2. The maximum atomic E-state index is 11.4. The lowest BCUT2D eigenvalue weighted by Gasteiger charge is -2.31. The number of aliphatic hydroxyl groups is 1. The van der Waals surface area contributed by atoms with E-state index in [0.29, 0.717) is 30.6 Å². The molecule has 1 aliphatic rings. The maximum absolute atomic E-state index is 11.4. The molecule has 4 nitrogen and oxygen atoms in total. The summed E-state index contributed by atoms with van der Waals surface area (Å²) < 4.78 is 11.2. The summed E-state index contributed by atoms with van der Waals surface area (Å²) >= 11 is 0. The Morgan fingerprint density at radius 2 is 1.95 bits per heavy atom.